The van der Waals surface area contributed by atoms with E-state index >= 15 is 0 Å². The topological polar surface area (TPSA) is 36.3 Å². The monoisotopic (exact) mass is 250 g/mol. The van der Waals surface area contributed by atoms with Crippen molar-refractivity contribution in [1.29, 1.82) is 5.26 Å². The molecule has 0 radical (unpaired) electrons. The van der Waals surface area contributed by atoms with Crippen LogP contribution in [0.5, 0.6) is 0 Å². The zero-order valence-electron chi connectivity index (χ0n) is 11.8. The van der Waals surface area contributed by atoms with Crippen LogP contribution in [-0.4, -0.2) is 36.2 Å². The van der Waals surface area contributed by atoms with Crippen LogP contribution >= 0.6 is 0 Å². The molecule has 0 aromatic rings. The van der Waals surface area contributed by atoms with E-state index in [9.17, 15) is 5.26 Å². The van der Waals surface area contributed by atoms with Gasteiger partial charge in [-0.3, -0.25) is 4.90 Å². The van der Waals surface area contributed by atoms with E-state index < -0.39 is 0 Å². The van der Waals surface area contributed by atoms with Gasteiger partial charge in [0.2, 0.25) is 0 Å². The molecular formula is C15H26N2O. The maximum Gasteiger partial charge on any atom is 0.0674 e. The van der Waals surface area contributed by atoms with E-state index in [0.29, 0.717) is 18.2 Å². The summed E-state index contributed by atoms with van der Waals surface area (Å²) in [5, 5.41) is 9.43. The largest absolute Gasteiger partial charge is 0.376 e. The van der Waals surface area contributed by atoms with Crippen molar-refractivity contribution in [3.05, 3.63) is 0 Å². The Morgan fingerprint density at radius 2 is 2.06 bits per heavy atom. The average molecular weight is 250 g/mol. The van der Waals surface area contributed by atoms with Gasteiger partial charge in [-0.05, 0) is 26.2 Å². The third-order valence-corrected chi connectivity index (χ3v) is 4.55. The van der Waals surface area contributed by atoms with Crippen molar-refractivity contribution in [3.63, 3.8) is 0 Å². The van der Waals surface area contributed by atoms with Crippen molar-refractivity contribution in [2.75, 3.05) is 13.2 Å². The Morgan fingerprint density at radius 1 is 1.28 bits per heavy atom. The molecule has 1 aliphatic heterocycles. The second-order valence-corrected chi connectivity index (χ2v) is 5.84. The smallest absolute Gasteiger partial charge is 0.0674 e. The van der Waals surface area contributed by atoms with Gasteiger partial charge in [-0.25, -0.2) is 0 Å². The average Bonchev–Trinajstić information content (AvgIpc) is 2.63. The molecule has 1 heterocycles. The minimum Gasteiger partial charge on any atom is -0.376 e. The first-order chi connectivity index (χ1) is 8.76. The lowest BCUT2D eigenvalue weighted by Crippen LogP contribution is -2.54. The Balaban J connectivity index is 2.11. The van der Waals surface area contributed by atoms with Crippen LogP contribution in [0.25, 0.3) is 0 Å². The molecule has 1 saturated carbocycles. The number of ether oxygens (including phenoxy) is 1. The maximum absolute atomic E-state index is 9.43. The molecule has 0 N–H and O–H groups in total. The standard InChI is InChI=1S/C15H26N2O/c1-3-14-11-18-12(2)10-17(14)15-8-6-4-5-7-13(15)9-16/h12-15H,3-8,10-11H2,1-2H3. The SMILES string of the molecule is CCC1COC(C)CN1C1CCCCCC1C#N. The fourth-order valence-electron chi connectivity index (χ4n) is 3.46. The molecule has 2 aliphatic rings. The van der Waals surface area contributed by atoms with Crippen molar-refractivity contribution in [1.82, 2.24) is 4.90 Å². The zero-order chi connectivity index (χ0) is 13.0. The Hall–Kier alpha value is -0.590. The molecule has 0 aromatic heterocycles. The van der Waals surface area contributed by atoms with Gasteiger partial charge in [0, 0.05) is 18.6 Å². The molecule has 3 nitrogen and oxygen atoms in total. The highest BCUT2D eigenvalue weighted by molar-refractivity contribution is 4.97. The summed E-state index contributed by atoms with van der Waals surface area (Å²) in [6.07, 6.45) is 7.53. The minimum atomic E-state index is 0.229. The first kappa shape index (κ1) is 13.8. The predicted octanol–water partition coefficient (Wildman–Crippen LogP) is 2.96. The van der Waals surface area contributed by atoms with Crippen LogP contribution in [0.15, 0.2) is 0 Å². The molecule has 0 aromatic carbocycles. The van der Waals surface area contributed by atoms with Gasteiger partial charge >= 0.3 is 0 Å². The number of rotatable bonds is 2. The lowest BCUT2D eigenvalue weighted by molar-refractivity contribution is -0.0790. The normalized spacial score (nSPS) is 38.9. The predicted molar refractivity (Wildman–Crippen MR) is 72.2 cm³/mol. The first-order valence-electron chi connectivity index (χ1n) is 7.53. The van der Waals surface area contributed by atoms with Gasteiger partial charge < -0.3 is 4.74 Å². The van der Waals surface area contributed by atoms with Gasteiger partial charge in [-0.1, -0.05) is 26.2 Å². The van der Waals surface area contributed by atoms with Gasteiger partial charge in [0.1, 0.15) is 0 Å². The first-order valence-corrected chi connectivity index (χ1v) is 7.53. The number of morpholine rings is 1. The zero-order valence-corrected chi connectivity index (χ0v) is 11.8. The lowest BCUT2D eigenvalue weighted by atomic mass is 9.92. The summed E-state index contributed by atoms with van der Waals surface area (Å²) in [5.41, 5.74) is 0. The van der Waals surface area contributed by atoms with Crippen molar-refractivity contribution in [3.8, 4) is 6.07 Å². The van der Waals surface area contributed by atoms with Crippen LogP contribution in [0.4, 0.5) is 0 Å². The molecule has 102 valence electrons. The number of hydrogen-bond donors (Lipinski definition) is 0. The van der Waals surface area contributed by atoms with Gasteiger partial charge in [0.25, 0.3) is 0 Å². The van der Waals surface area contributed by atoms with E-state index in [1.54, 1.807) is 0 Å². The Bertz CT molecular complexity index is 299. The molecule has 0 bridgehead atoms. The number of nitrogens with zero attached hydrogens (tertiary/aromatic N) is 2. The Morgan fingerprint density at radius 3 is 2.78 bits per heavy atom. The summed E-state index contributed by atoms with van der Waals surface area (Å²) in [6, 6.07) is 3.55. The van der Waals surface area contributed by atoms with Gasteiger partial charge in [-0.2, -0.15) is 5.26 Å². The second-order valence-electron chi connectivity index (χ2n) is 5.84. The van der Waals surface area contributed by atoms with Crippen LogP contribution in [0.2, 0.25) is 0 Å². The van der Waals surface area contributed by atoms with Crippen molar-refractivity contribution in [2.24, 2.45) is 5.92 Å². The Labute approximate surface area is 111 Å². The van der Waals surface area contributed by atoms with E-state index in [-0.39, 0.29) is 5.92 Å². The Kier molecular flexibility index (Phi) is 5.03. The number of nitriles is 1. The molecule has 0 amide bonds. The maximum atomic E-state index is 9.43. The summed E-state index contributed by atoms with van der Waals surface area (Å²) < 4.78 is 5.78. The van der Waals surface area contributed by atoms with E-state index in [0.717, 1.165) is 26.0 Å². The summed E-state index contributed by atoms with van der Waals surface area (Å²) >= 11 is 0. The highest BCUT2D eigenvalue weighted by Crippen LogP contribution is 2.30. The summed E-state index contributed by atoms with van der Waals surface area (Å²) in [6.45, 7) is 6.22. The molecule has 2 rings (SSSR count). The molecular weight excluding hydrogens is 224 g/mol. The molecule has 0 spiro atoms. The van der Waals surface area contributed by atoms with Crippen LogP contribution in [0, 0.1) is 17.2 Å². The molecule has 18 heavy (non-hydrogen) atoms. The van der Waals surface area contributed by atoms with E-state index in [2.05, 4.69) is 24.8 Å². The van der Waals surface area contributed by atoms with Crippen molar-refractivity contribution < 1.29 is 4.74 Å². The summed E-state index contributed by atoms with van der Waals surface area (Å²) in [7, 11) is 0. The van der Waals surface area contributed by atoms with Crippen LogP contribution in [0.3, 0.4) is 0 Å². The fraction of sp³-hybridized carbons (Fsp3) is 0.933. The summed E-state index contributed by atoms with van der Waals surface area (Å²) in [5.74, 6) is 0.229. The van der Waals surface area contributed by atoms with Gasteiger partial charge in [0.15, 0.2) is 0 Å². The summed E-state index contributed by atoms with van der Waals surface area (Å²) in [4.78, 5) is 2.59. The van der Waals surface area contributed by atoms with Crippen molar-refractivity contribution >= 4 is 0 Å². The molecule has 2 fully saturated rings. The molecule has 1 saturated heterocycles. The van der Waals surface area contributed by atoms with Crippen molar-refractivity contribution in [2.45, 2.75) is 70.6 Å². The fourth-order valence-corrected chi connectivity index (χ4v) is 3.46. The highest BCUT2D eigenvalue weighted by atomic mass is 16.5. The van der Waals surface area contributed by atoms with E-state index in [1.807, 2.05) is 0 Å². The number of hydrogen-bond acceptors (Lipinski definition) is 3. The van der Waals surface area contributed by atoms with E-state index in [4.69, 9.17) is 4.74 Å². The minimum absolute atomic E-state index is 0.229. The highest BCUT2D eigenvalue weighted by Gasteiger charge is 2.35. The third-order valence-electron chi connectivity index (χ3n) is 4.55. The third kappa shape index (κ3) is 3.05. The lowest BCUT2D eigenvalue weighted by Gasteiger charge is -2.44. The van der Waals surface area contributed by atoms with Gasteiger partial charge in [0.05, 0.1) is 24.7 Å². The van der Waals surface area contributed by atoms with E-state index in [1.165, 1.54) is 25.7 Å². The quantitative estimate of drug-likeness (QED) is 0.707. The molecule has 1 aliphatic carbocycles. The van der Waals surface area contributed by atoms with Crippen LogP contribution in [-0.2, 0) is 4.74 Å². The van der Waals surface area contributed by atoms with Crippen LogP contribution in [0.1, 0.15) is 52.4 Å². The van der Waals surface area contributed by atoms with Crippen LogP contribution < -0.4 is 0 Å². The molecule has 3 heteroatoms. The molecule has 4 atom stereocenters. The second kappa shape index (κ2) is 6.54. The van der Waals surface area contributed by atoms with Gasteiger partial charge in [-0.15, -0.1) is 0 Å². The molecule has 4 unspecified atom stereocenters.